The second-order valence-electron chi connectivity index (χ2n) is 7.74. The fourth-order valence-corrected chi connectivity index (χ4v) is 4.17. The van der Waals surface area contributed by atoms with E-state index in [0.717, 1.165) is 17.7 Å². The van der Waals surface area contributed by atoms with E-state index in [9.17, 15) is 23.1 Å². The number of hydrogen-bond acceptors (Lipinski definition) is 3. The quantitative estimate of drug-likeness (QED) is 0.500. The van der Waals surface area contributed by atoms with E-state index in [-0.39, 0.29) is 0 Å². The van der Waals surface area contributed by atoms with Crippen LogP contribution in [0.25, 0.3) is 0 Å². The third-order valence-corrected chi connectivity index (χ3v) is 5.62. The van der Waals surface area contributed by atoms with E-state index in [0.29, 0.717) is 36.4 Å². The average Bonchev–Trinajstić information content (AvgIpc) is 3.24. The van der Waals surface area contributed by atoms with Crippen LogP contribution in [-0.4, -0.2) is 28.6 Å². The number of carbonyl (C=O) groups is 1. The van der Waals surface area contributed by atoms with Gasteiger partial charge in [-0.25, -0.2) is 0 Å². The first kappa shape index (κ1) is 21.9. The maximum absolute atomic E-state index is 13.1. The number of rotatable bonds is 6. The highest BCUT2D eigenvalue weighted by Crippen LogP contribution is 2.38. The summed E-state index contributed by atoms with van der Waals surface area (Å²) in [5.41, 5.74) is 0.617. The van der Waals surface area contributed by atoms with Gasteiger partial charge in [-0.05, 0) is 60.4 Å². The third-order valence-electron chi connectivity index (χ3n) is 5.62. The number of halogens is 3. The van der Waals surface area contributed by atoms with Gasteiger partial charge >= 0.3 is 12.1 Å². The Morgan fingerprint density at radius 1 is 0.938 bits per heavy atom. The summed E-state index contributed by atoms with van der Waals surface area (Å²) in [6, 6.07) is 20.2. The van der Waals surface area contributed by atoms with Crippen molar-refractivity contribution < 1.29 is 27.8 Å². The van der Waals surface area contributed by atoms with Crippen molar-refractivity contribution in [1.82, 2.24) is 4.90 Å². The van der Waals surface area contributed by atoms with Gasteiger partial charge in [-0.2, -0.15) is 13.2 Å². The molecule has 3 aromatic rings. The van der Waals surface area contributed by atoms with E-state index in [1.165, 1.54) is 12.1 Å². The van der Waals surface area contributed by atoms with Gasteiger partial charge in [0.05, 0.1) is 11.6 Å². The minimum Gasteiger partial charge on any atom is -0.480 e. The number of hydrogen-bond donors (Lipinski definition) is 1. The Hall–Kier alpha value is -3.32. The fourth-order valence-electron chi connectivity index (χ4n) is 4.17. The third kappa shape index (κ3) is 4.78. The lowest BCUT2D eigenvalue weighted by Gasteiger charge is -2.32. The van der Waals surface area contributed by atoms with Crippen LogP contribution in [0.15, 0.2) is 78.9 Å². The molecule has 4 nitrogen and oxygen atoms in total. The molecule has 1 aliphatic rings. The van der Waals surface area contributed by atoms with Gasteiger partial charge in [-0.3, -0.25) is 9.69 Å². The first-order chi connectivity index (χ1) is 15.3. The van der Waals surface area contributed by atoms with Gasteiger partial charge in [0, 0.05) is 6.54 Å². The van der Waals surface area contributed by atoms with E-state index in [4.69, 9.17) is 4.74 Å². The zero-order chi connectivity index (χ0) is 22.7. The largest absolute Gasteiger partial charge is 0.480 e. The average molecular weight is 441 g/mol. The Bertz CT molecular complexity index is 1070. The number of carboxylic acid groups (broad SMARTS) is 1. The van der Waals surface area contributed by atoms with Gasteiger partial charge in [0.2, 0.25) is 0 Å². The molecule has 0 radical (unpaired) electrons. The van der Waals surface area contributed by atoms with Crippen LogP contribution in [0.5, 0.6) is 11.5 Å². The van der Waals surface area contributed by atoms with E-state index >= 15 is 0 Å². The molecule has 0 bridgehead atoms. The van der Waals surface area contributed by atoms with Crippen LogP contribution in [0.4, 0.5) is 13.2 Å². The van der Waals surface area contributed by atoms with Crippen molar-refractivity contribution in [2.24, 2.45) is 0 Å². The van der Waals surface area contributed by atoms with Gasteiger partial charge in [-0.1, -0.05) is 42.5 Å². The number of alkyl halides is 3. The number of aliphatic carboxylic acids is 1. The van der Waals surface area contributed by atoms with Crippen LogP contribution in [0.1, 0.15) is 35.6 Å². The number of para-hydroxylation sites is 1. The summed E-state index contributed by atoms with van der Waals surface area (Å²) in [5, 5.41) is 9.71. The first-order valence-corrected chi connectivity index (χ1v) is 10.3. The lowest BCUT2D eigenvalue weighted by molar-refractivity contribution is -0.142. The molecule has 2 unspecified atom stereocenters. The molecule has 1 heterocycles. The highest BCUT2D eigenvalue weighted by Gasteiger charge is 2.37. The normalized spacial score (nSPS) is 17.8. The van der Waals surface area contributed by atoms with E-state index in [1.807, 2.05) is 47.4 Å². The predicted molar refractivity (Wildman–Crippen MR) is 114 cm³/mol. The van der Waals surface area contributed by atoms with Gasteiger partial charge in [0.1, 0.15) is 17.5 Å². The molecular formula is C25H22F3NO3. The molecule has 2 atom stereocenters. The van der Waals surface area contributed by atoms with Crippen molar-refractivity contribution in [2.45, 2.75) is 31.1 Å². The molecule has 166 valence electrons. The van der Waals surface area contributed by atoms with Gasteiger partial charge in [-0.15, -0.1) is 0 Å². The lowest BCUT2D eigenvalue weighted by Crippen LogP contribution is -2.39. The van der Waals surface area contributed by atoms with Crippen molar-refractivity contribution in [3.63, 3.8) is 0 Å². The van der Waals surface area contributed by atoms with Gasteiger partial charge < -0.3 is 9.84 Å². The molecule has 0 amide bonds. The molecule has 7 heteroatoms. The number of ether oxygens (including phenoxy) is 1. The summed E-state index contributed by atoms with van der Waals surface area (Å²) in [5.74, 6) is 0.285. The van der Waals surface area contributed by atoms with Crippen molar-refractivity contribution in [3.05, 3.63) is 95.6 Å². The predicted octanol–water partition coefficient (Wildman–Crippen LogP) is 6.14. The maximum atomic E-state index is 13.1. The molecule has 0 aliphatic carbocycles. The Balaban J connectivity index is 1.73. The Morgan fingerprint density at radius 2 is 1.62 bits per heavy atom. The molecule has 1 fully saturated rings. The highest BCUT2D eigenvalue weighted by molar-refractivity contribution is 5.74. The minimum atomic E-state index is -4.44. The topological polar surface area (TPSA) is 49.8 Å². The highest BCUT2D eigenvalue weighted by atomic mass is 19.4. The monoisotopic (exact) mass is 441 g/mol. The summed E-state index contributed by atoms with van der Waals surface area (Å²) < 4.78 is 45.1. The standard InChI is InChI=1S/C25H22F3NO3/c26-25(27,28)19-13-11-17(12-14-19)23(29-15-5-10-22(29)24(30)31)18-6-4-9-21(16-18)32-20-7-2-1-3-8-20/h1-4,6-9,11-14,16,22-23H,5,10,15H2,(H,30,31). The van der Waals surface area contributed by atoms with Crippen LogP contribution in [0, 0.1) is 0 Å². The second-order valence-corrected chi connectivity index (χ2v) is 7.74. The molecule has 1 saturated heterocycles. The van der Waals surface area contributed by atoms with E-state index in [2.05, 4.69) is 0 Å². The maximum Gasteiger partial charge on any atom is 0.416 e. The smallest absolute Gasteiger partial charge is 0.416 e. The van der Waals surface area contributed by atoms with Crippen LogP contribution < -0.4 is 4.74 Å². The zero-order valence-electron chi connectivity index (χ0n) is 17.1. The molecule has 4 rings (SSSR count). The molecule has 1 aliphatic heterocycles. The van der Waals surface area contributed by atoms with Crippen molar-refractivity contribution in [2.75, 3.05) is 6.54 Å². The van der Waals surface area contributed by atoms with E-state index in [1.54, 1.807) is 12.1 Å². The van der Waals surface area contributed by atoms with Gasteiger partial charge in [0.15, 0.2) is 0 Å². The number of nitrogens with zero attached hydrogens (tertiary/aromatic N) is 1. The SMILES string of the molecule is O=C(O)C1CCCN1C(c1ccc(C(F)(F)F)cc1)c1cccc(Oc2ccccc2)c1. The second kappa shape index (κ2) is 9.04. The molecule has 0 saturated carbocycles. The summed E-state index contributed by atoms with van der Waals surface area (Å²) in [6.45, 7) is 0.534. The molecule has 1 N–H and O–H groups in total. The summed E-state index contributed by atoms with van der Waals surface area (Å²) in [6.07, 6.45) is -3.24. The number of carboxylic acids is 1. The van der Waals surface area contributed by atoms with Crippen molar-refractivity contribution in [1.29, 1.82) is 0 Å². The summed E-state index contributed by atoms with van der Waals surface area (Å²) in [4.78, 5) is 13.7. The molecule has 0 spiro atoms. The Labute approximate surface area is 183 Å². The lowest BCUT2D eigenvalue weighted by atomic mass is 9.95. The first-order valence-electron chi connectivity index (χ1n) is 10.3. The number of likely N-dealkylation sites (tertiary alicyclic amines) is 1. The van der Waals surface area contributed by atoms with E-state index < -0.39 is 29.8 Å². The molecular weight excluding hydrogens is 419 g/mol. The van der Waals surface area contributed by atoms with Crippen LogP contribution in [0.2, 0.25) is 0 Å². The number of benzene rings is 3. The van der Waals surface area contributed by atoms with Crippen molar-refractivity contribution >= 4 is 5.97 Å². The summed E-state index contributed by atoms with van der Waals surface area (Å²) >= 11 is 0. The minimum absolute atomic E-state index is 0.493. The summed E-state index contributed by atoms with van der Waals surface area (Å²) in [7, 11) is 0. The fraction of sp³-hybridized carbons (Fsp3) is 0.240. The van der Waals surface area contributed by atoms with Gasteiger partial charge in [0.25, 0.3) is 0 Å². The Kier molecular flexibility index (Phi) is 6.19. The van der Waals surface area contributed by atoms with Crippen molar-refractivity contribution in [3.8, 4) is 11.5 Å². The van der Waals surface area contributed by atoms with Crippen LogP contribution >= 0.6 is 0 Å². The molecule has 3 aromatic carbocycles. The zero-order valence-corrected chi connectivity index (χ0v) is 17.1. The Morgan fingerprint density at radius 3 is 2.28 bits per heavy atom. The molecule has 32 heavy (non-hydrogen) atoms. The van der Waals surface area contributed by atoms with Crippen LogP contribution in [-0.2, 0) is 11.0 Å². The van der Waals surface area contributed by atoms with Crippen LogP contribution in [0.3, 0.4) is 0 Å². The molecule has 0 aromatic heterocycles.